The van der Waals surface area contributed by atoms with Gasteiger partial charge in [0.1, 0.15) is 12.1 Å². The van der Waals surface area contributed by atoms with Crippen molar-refractivity contribution in [2.24, 2.45) is 5.73 Å². The topological polar surface area (TPSA) is 67.1 Å². The summed E-state index contributed by atoms with van der Waals surface area (Å²) in [4.78, 5) is 11.2. The smallest absolute Gasteiger partial charge is 0.135 e. The highest BCUT2D eigenvalue weighted by Gasteiger charge is 2.18. The van der Waals surface area contributed by atoms with E-state index in [9.17, 15) is 0 Å². The highest BCUT2D eigenvalue weighted by molar-refractivity contribution is 5.49. The van der Waals surface area contributed by atoms with Crippen LogP contribution in [-0.4, -0.2) is 36.1 Å². The molecule has 1 aromatic heterocycles. The van der Waals surface area contributed by atoms with Crippen LogP contribution >= 0.6 is 0 Å². The van der Waals surface area contributed by atoms with Gasteiger partial charge in [0.2, 0.25) is 0 Å². The van der Waals surface area contributed by atoms with Crippen LogP contribution in [0.4, 0.5) is 5.82 Å². The lowest BCUT2D eigenvalue weighted by Crippen LogP contribution is -2.32. The first kappa shape index (κ1) is 13.2. The van der Waals surface area contributed by atoms with Crippen LogP contribution in [0.15, 0.2) is 6.33 Å². The van der Waals surface area contributed by atoms with Crippen molar-refractivity contribution in [2.75, 3.05) is 31.1 Å². The van der Waals surface area contributed by atoms with Crippen molar-refractivity contribution in [1.29, 1.82) is 0 Å². The van der Waals surface area contributed by atoms with E-state index in [1.165, 1.54) is 5.56 Å². The molecule has 1 aromatic rings. The number of nitrogens with zero attached hydrogens (tertiary/aromatic N) is 3. The maximum Gasteiger partial charge on any atom is 0.135 e. The molecule has 0 amide bonds. The van der Waals surface area contributed by atoms with E-state index in [2.05, 4.69) is 27.1 Å². The predicted molar refractivity (Wildman–Crippen MR) is 73.6 cm³/mol. The van der Waals surface area contributed by atoms with Crippen molar-refractivity contribution in [3.05, 3.63) is 17.6 Å². The SMILES string of the molecule is CCCN(CCCN)c1ncnc2c1CCNC2. The maximum atomic E-state index is 5.62. The van der Waals surface area contributed by atoms with Crippen molar-refractivity contribution in [1.82, 2.24) is 15.3 Å². The van der Waals surface area contributed by atoms with Crippen LogP contribution < -0.4 is 16.0 Å². The van der Waals surface area contributed by atoms with Crippen LogP contribution in [0.3, 0.4) is 0 Å². The molecule has 3 N–H and O–H groups in total. The Hall–Kier alpha value is -1.20. The van der Waals surface area contributed by atoms with Crippen molar-refractivity contribution in [3.8, 4) is 0 Å². The Kier molecular flexibility index (Phi) is 4.90. The van der Waals surface area contributed by atoms with E-state index in [1.54, 1.807) is 6.33 Å². The van der Waals surface area contributed by atoms with Crippen LogP contribution in [0, 0.1) is 0 Å². The number of hydrogen-bond donors (Lipinski definition) is 2. The Labute approximate surface area is 109 Å². The fraction of sp³-hybridized carbons (Fsp3) is 0.692. The summed E-state index contributed by atoms with van der Waals surface area (Å²) in [6, 6.07) is 0. The Morgan fingerprint density at radius 1 is 1.39 bits per heavy atom. The van der Waals surface area contributed by atoms with E-state index in [0.29, 0.717) is 0 Å². The third-order valence-electron chi connectivity index (χ3n) is 3.28. The largest absolute Gasteiger partial charge is 0.356 e. The standard InChI is InChI=1S/C13H23N5/c1-2-7-18(8-3-5-14)13-11-4-6-15-9-12(11)16-10-17-13/h10,15H,2-9,14H2,1H3. The molecular weight excluding hydrogens is 226 g/mol. The third kappa shape index (κ3) is 2.97. The van der Waals surface area contributed by atoms with Gasteiger partial charge in [-0.05, 0) is 32.4 Å². The second-order valence-electron chi connectivity index (χ2n) is 4.68. The molecule has 0 spiro atoms. The summed E-state index contributed by atoms with van der Waals surface area (Å²) in [7, 11) is 0. The van der Waals surface area contributed by atoms with E-state index in [0.717, 1.165) is 63.5 Å². The lowest BCUT2D eigenvalue weighted by molar-refractivity contribution is 0.615. The van der Waals surface area contributed by atoms with Crippen LogP contribution in [0.25, 0.3) is 0 Å². The summed E-state index contributed by atoms with van der Waals surface area (Å²) in [6.45, 7) is 6.84. The summed E-state index contributed by atoms with van der Waals surface area (Å²) in [5.74, 6) is 1.12. The number of aromatic nitrogens is 2. The predicted octanol–water partition coefficient (Wildman–Crippen LogP) is 0.687. The van der Waals surface area contributed by atoms with E-state index in [1.807, 2.05) is 0 Å². The van der Waals surface area contributed by atoms with Gasteiger partial charge in [0, 0.05) is 25.2 Å². The van der Waals surface area contributed by atoms with Gasteiger partial charge >= 0.3 is 0 Å². The molecule has 0 saturated heterocycles. The van der Waals surface area contributed by atoms with Gasteiger partial charge in [0.25, 0.3) is 0 Å². The minimum Gasteiger partial charge on any atom is -0.356 e. The Balaban J connectivity index is 2.22. The molecule has 100 valence electrons. The minimum absolute atomic E-state index is 0.731. The molecule has 2 heterocycles. The molecular formula is C13H23N5. The summed E-state index contributed by atoms with van der Waals surface area (Å²) in [6.07, 6.45) is 4.85. The zero-order valence-corrected chi connectivity index (χ0v) is 11.2. The van der Waals surface area contributed by atoms with Crippen molar-refractivity contribution in [2.45, 2.75) is 32.7 Å². The first-order valence-electron chi connectivity index (χ1n) is 6.85. The first-order valence-corrected chi connectivity index (χ1v) is 6.85. The van der Waals surface area contributed by atoms with Gasteiger partial charge in [-0.2, -0.15) is 0 Å². The highest BCUT2D eigenvalue weighted by Crippen LogP contribution is 2.22. The molecule has 0 bridgehead atoms. The van der Waals surface area contributed by atoms with Crippen LogP contribution in [0.2, 0.25) is 0 Å². The lowest BCUT2D eigenvalue weighted by Gasteiger charge is -2.27. The van der Waals surface area contributed by atoms with Gasteiger partial charge in [0.15, 0.2) is 0 Å². The minimum atomic E-state index is 0.731. The fourth-order valence-electron chi connectivity index (χ4n) is 2.41. The molecule has 0 saturated carbocycles. The van der Waals surface area contributed by atoms with Crippen LogP contribution in [-0.2, 0) is 13.0 Å². The van der Waals surface area contributed by atoms with Crippen LogP contribution in [0.5, 0.6) is 0 Å². The summed E-state index contributed by atoms with van der Waals surface area (Å²) in [5.41, 5.74) is 8.09. The number of anilines is 1. The van der Waals surface area contributed by atoms with E-state index in [4.69, 9.17) is 5.73 Å². The summed E-state index contributed by atoms with van der Waals surface area (Å²) >= 11 is 0. The Morgan fingerprint density at radius 3 is 3.06 bits per heavy atom. The molecule has 0 unspecified atom stereocenters. The molecule has 5 nitrogen and oxygen atoms in total. The number of nitrogens with two attached hydrogens (primary N) is 1. The van der Waals surface area contributed by atoms with Crippen molar-refractivity contribution in [3.63, 3.8) is 0 Å². The molecule has 0 fully saturated rings. The lowest BCUT2D eigenvalue weighted by atomic mass is 10.1. The molecule has 18 heavy (non-hydrogen) atoms. The molecule has 5 heteroatoms. The number of hydrogen-bond acceptors (Lipinski definition) is 5. The number of nitrogens with one attached hydrogen (secondary N) is 1. The Bertz CT molecular complexity index is 380. The maximum absolute atomic E-state index is 5.62. The molecule has 0 aromatic carbocycles. The van der Waals surface area contributed by atoms with Gasteiger partial charge in [-0.25, -0.2) is 9.97 Å². The van der Waals surface area contributed by atoms with Gasteiger partial charge < -0.3 is 16.0 Å². The normalized spacial score (nSPS) is 14.3. The second-order valence-corrected chi connectivity index (χ2v) is 4.68. The highest BCUT2D eigenvalue weighted by atomic mass is 15.2. The molecule has 2 rings (SSSR count). The molecule has 1 aliphatic heterocycles. The summed E-state index contributed by atoms with van der Waals surface area (Å²) < 4.78 is 0. The molecule has 0 aliphatic carbocycles. The van der Waals surface area contributed by atoms with Gasteiger partial charge in [-0.15, -0.1) is 0 Å². The van der Waals surface area contributed by atoms with Crippen LogP contribution in [0.1, 0.15) is 31.0 Å². The van der Waals surface area contributed by atoms with E-state index in [-0.39, 0.29) is 0 Å². The summed E-state index contributed by atoms with van der Waals surface area (Å²) in [5, 5.41) is 3.35. The van der Waals surface area contributed by atoms with E-state index >= 15 is 0 Å². The van der Waals surface area contributed by atoms with Gasteiger partial charge in [0.05, 0.1) is 5.69 Å². The Morgan fingerprint density at radius 2 is 2.28 bits per heavy atom. The third-order valence-corrected chi connectivity index (χ3v) is 3.28. The van der Waals surface area contributed by atoms with E-state index < -0.39 is 0 Å². The molecule has 0 radical (unpaired) electrons. The molecule has 0 atom stereocenters. The van der Waals surface area contributed by atoms with Crippen molar-refractivity contribution < 1.29 is 0 Å². The quantitative estimate of drug-likeness (QED) is 0.776. The average molecular weight is 249 g/mol. The molecule has 1 aliphatic rings. The average Bonchev–Trinajstić information content (AvgIpc) is 2.43. The van der Waals surface area contributed by atoms with Crippen molar-refractivity contribution >= 4 is 5.82 Å². The number of fused-ring (bicyclic) bond motifs is 1. The van der Waals surface area contributed by atoms with Gasteiger partial charge in [-0.3, -0.25) is 0 Å². The zero-order valence-electron chi connectivity index (χ0n) is 11.2. The number of rotatable bonds is 6. The zero-order chi connectivity index (χ0) is 12.8. The first-order chi connectivity index (χ1) is 8.86. The second kappa shape index (κ2) is 6.66. The fourth-order valence-corrected chi connectivity index (χ4v) is 2.41. The monoisotopic (exact) mass is 249 g/mol. The van der Waals surface area contributed by atoms with Gasteiger partial charge in [-0.1, -0.05) is 6.92 Å².